The Morgan fingerprint density at radius 2 is 1.75 bits per heavy atom. The van der Waals surface area contributed by atoms with Crippen molar-refractivity contribution >= 4 is 52.8 Å². The lowest BCUT2D eigenvalue weighted by Crippen LogP contribution is -2.51. The second kappa shape index (κ2) is 8.20. The van der Waals surface area contributed by atoms with Crippen LogP contribution in [0.5, 0.6) is 5.75 Å². The molecule has 9 heteroatoms. The van der Waals surface area contributed by atoms with Crippen molar-refractivity contribution in [3.63, 3.8) is 0 Å². The van der Waals surface area contributed by atoms with E-state index < -0.39 is 17.8 Å². The molecule has 7 nitrogen and oxygen atoms in total. The molecule has 0 spiro atoms. The van der Waals surface area contributed by atoms with Crippen LogP contribution in [-0.2, 0) is 16.2 Å². The summed E-state index contributed by atoms with van der Waals surface area (Å²) in [6.07, 6.45) is 1.40. The fourth-order valence-electron chi connectivity index (χ4n) is 2.40. The van der Waals surface area contributed by atoms with Crippen LogP contribution in [0.1, 0.15) is 21.5 Å². The van der Waals surface area contributed by atoms with Crippen LogP contribution in [0.4, 0.5) is 0 Å². The first-order chi connectivity index (χ1) is 13.3. The van der Waals surface area contributed by atoms with Crippen LogP contribution < -0.4 is 15.4 Å². The van der Waals surface area contributed by atoms with E-state index in [1.165, 1.54) is 18.2 Å². The highest BCUT2D eigenvalue weighted by molar-refractivity contribution is 7.80. The van der Waals surface area contributed by atoms with Crippen molar-refractivity contribution in [3.05, 3.63) is 69.8 Å². The molecule has 1 aliphatic heterocycles. The molecule has 0 unspecified atom stereocenters. The van der Waals surface area contributed by atoms with Gasteiger partial charge in [0.1, 0.15) is 17.9 Å². The minimum Gasteiger partial charge on any atom is -0.487 e. The summed E-state index contributed by atoms with van der Waals surface area (Å²) in [7, 11) is 0. The van der Waals surface area contributed by atoms with E-state index in [4.69, 9.17) is 33.7 Å². The van der Waals surface area contributed by atoms with Gasteiger partial charge in [-0.2, -0.15) is 0 Å². The van der Waals surface area contributed by atoms with Crippen molar-refractivity contribution in [1.29, 1.82) is 0 Å². The van der Waals surface area contributed by atoms with Crippen LogP contribution in [0.3, 0.4) is 0 Å². The van der Waals surface area contributed by atoms with Crippen molar-refractivity contribution < 1.29 is 24.2 Å². The van der Waals surface area contributed by atoms with Crippen molar-refractivity contribution in [3.8, 4) is 5.75 Å². The first-order valence-corrected chi connectivity index (χ1v) is 8.75. The van der Waals surface area contributed by atoms with Gasteiger partial charge in [0.25, 0.3) is 11.8 Å². The molecule has 1 heterocycles. The molecule has 0 aromatic heterocycles. The first-order valence-electron chi connectivity index (χ1n) is 7.96. The smallest absolute Gasteiger partial charge is 0.335 e. The van der Waals surface area contributed by atoms with Gasteiger partial charge < -0.3 is 9.84 Å². The second-order valence-electron chi connectivity index (χ2n) is 5.78. The van der Waals surface area contributed by atoms with Crippen LogP contribution in [0, 0.1) is 0 Å². The SMILES string of the molecule is O=C1NC(=S)NC(=O)C1=Cc1ccc(OCc2ccc(C(=O)O)cc2)c(Cl)c1. The van der Waals surface area contributed by atoms with Gasteiger partial charge in [0.2, 0.25) is 0 Å². The summed E-state index contributed by atoms with van der Waals surface area (Å²) in [4.78, 5) is 34.6. The van der Waals surface area contributed by atoms with Crippen molar-refractivity contribution in [2.75, 3.05) is 0 Å². The third kappa shape index (κ3) is 4.54. The fourth-order valence-corrected chi connectivity index (χ4v) is 2.83. The Kier molecular flexibility index (Phi) is 5.72. The van der Waals surface area contributed by atoms with Gasteiger partial charge in [-0.15, -0.1) is 0 Å². The van der Waals surface area contributed by atoms with Gasteiger partial charge in [-0.25, -0.2) is 4.79 Å². The van der Waals surface area contributed by atoms with E-state index in [2.05, 4.69) is 10.6 Å². The normalized spacial score (nSPS) is 13.6. The molecular weight excluding hydrogens is 404 g/mol. The van der Waals surface area contributed by atoms with Crippen LogP contribution >= 0.6 is 23.8 Å². The number of halogens is 1. The monoisotopic (exact) mass is 416 g/mol. The summed E-state index contributed by atoms with van der Waals surface area (Å²) in [6.45, 7) is 0.197. The third-order valence-corrected chi connectivity index (χ3v) is 4.31. The van der Waals surface area contributed by atoms with Gasteiger partial charge in [0.15, 0.2) is 5.11 Å². The molecule has 1 fully saturated rings. The molecule has 1 aliphatic rings. The Balaban J connectivity index is 1.71. The molecule has 0 saturated carbocycles. The predicted molar refractivity (Wildman–Crippen MR) is 106 cm³/mol. The summed E-state index contributed by atoms with van der Waals surface area (Å²) in [5, 5.41) is 13.9. The van der Waals surface area contributed by atoms with Crippen molar-refractivity contribution in [1.82, 2.24) is 10.6 Å². The summed E-state index contributed by atoms with van der Waals surface area (Å²) < 4.78 is 5.65. The number of hydrogen-bond acceptors (Lipinski definition) is 5. The average molecular weight is 417 g/mol. The number of amides is 2. The van der Waals surface area contributed by atoms with Gasteiger partial charge >= 0.3 is 5.97 Å². The number of ether oxygens (including phenoxy) is 1. The molecule has 3 N–H and O–H groups in total. The average Bonchev–Trinajstić information content (AvgIpc) is 2.64. The van der Waals surface area contributed by atoms with E-state index in [0.717, 1.165) is 5.56 Å². The van der Waals surface area contributed by atoms with Gasteiger partial charge in [-0.1, -0.05) is 29.8 Å². The van der Waals surface area contributed by atoms with Gasteiger partial charge in [-0.3, -0.25) is 20.2 Å². The number of benzene rings is 2. The van der Waals surface area contributed by atoms with E-state index in [0.29, 0.717) is 16.3 Å². The van der Waals surface area contributed by atoms with Crippen LogP contribution in [0.15, 0.2) is 48.0 Å². The Morgan fingerprint density at radius 3 is 2.32 bits per heavy atom. The lowest BCUT2D eigenvalue weighted by Gasteiger charge is -2.16. The molecule has 142 valence electrons. The number of carbonyl (C=O) groups is 3. The Hall–Kier alpha value is -3.23. The molecule has 0 aliphatic carbocycles. The third-order valence-electron chi connectivity index (χ3n) is 3.81. The topological polar surface area (TPSA) is 105 Å². The molecule has 1 saturated heterocycles. The molecular formula is C19H13ClN2O5S. The van der Waals surface area contributed by atoms with Crippen LogP contribution in [0.25, 0.3) is 6.08 Å². The number of thiocarbonyl (C=S) groups is 1. The largest absolute Gasteiger partial charge is 0.487 e. The summed E-state index contributed by atoms with van der Waals surface area (Å²) in [5.41, 5.74) is 1.42. The molecule has 2 amide bonds. The van der Waals surface area contributed by atoms with Crippen molar-refractivity contribution in [2.45, 2.75) is 6.61 Å². The fraction of sp³-hybridized carbons (Fsp3) is 0.0526. The van der Waals surface area contributed by atoms with E-state index in [1.807, 2.05) is 0 Å². The van der Waals surface area contributed by atoms with Crippen LogP contribution in [-0.4, -0.2) is 28.0 Å². The Bertz CT molecular complexity index is 995. The molecule has 2 aromatic rings. The highest BCUT2D eigenvalue weighted by Gasteiger charge is 2.25. The number of aromatic carboxylic acids is 1. The van der Waals surface area contributed by atoms with E-state index in [1.54, 1.807) is 30.3 Å². The molecule has 3 rings (SSSR count). The van der Waals surface area contributed by atoms with Crippen LogP contribution in [0.2, 0.25) is 5.02 Å². The number of carboxylic acids is 1. The van der Waals surface area contributed by atoms with E-state index in [9.17, 15) is 14.4 Å². The number of hydrogen-bond donors (Lipinski definition) is 3. The number of rotatable bonds is 5. The number of carboxylic acid groups (broad SMARTS) is 1. The zero-order valence-electron chi connectivity index (χ0n) is 14.2. The van der Waals surface area contributed by atoms with Gasteiger partial charge in [0.05, 0.1) is 10.6 Å². The zero-order valence-corrected chi connectivity index (χ0v) is 15.8. The molecule has 0 radical (unpaired) electrons. The first kappa shape index (κ1) is 19.5. The molecule has 0 bridgehead atoms. The van der Waals surface area contributed by atoms with Gasteiger partial charge in [-0.05, 0) is 53.7 Å². The minimum absolute atomic E-state index is 0.0367. The zero-order chi connectivity index (χ0) is 20.3. The Morgan fingerprint density at radius 1 is 1.11 bits per heavy atom. The predicted octanol–water partition coefficient (Wildman–Crippen LogP) is 2.53. The minimum atomic E-state index is -0.998. The van der Waals surface area contributed by atoms with E-state index in [-0.39, 0.29) is 22.9 Å². The van der Waals surface area contributed by atoms with E-state index >= 15 is 0 Å². The molecule has 0 atom stereocenters. The lowest BCUT2D eigenvalue weighted by molar-refractivity contribution is -0.123. The van der Waals surface area contributed by atoms with Gasteiger partial charge in [0, 0.05) is 0 Å². The molecule has 28 heavy (non-hydrogen) atoms. The maximum atomic E-state index is 11.9. The summed E-state index contributed by atoms with van der Waals surface area (Å²) in [5.74, 6) is -1.77. The second-order valence-corrected chi connectivity index (χ2v) is 6.59. The standard InChI is InChI=1S/C19H13ClN2O5S/c20-14-8-11(7-13-16(23)21-19(28)22-17(13)24)3-6-15(14)27-9-10-1-4-12(5-2-10)18(25)26/h1-8H,9H2,(H,25,26)(H2,21,22,23,24,28). The molecule has 2 aromatic carbocycles. The summed E-state index contributed by atoms with van der Waals surface area (Å²) in [6, 6.07) is 11.1. The summed E-state index contributed by atoms with van der Waals surface area (Å²) >= 11 is 11.0. The lowest BCUT2D eigenvalue weighted by atomic mass is 10.1. The quantitative estimate of drug-likeness (QED) is 0.393. The number of carbonyl (C=O) groups excluding carboxylic acids is 2. The highest BCUT2D eigenvalue weighted by atomic mass is 35.5. The maximum Gasteiger partial charge on any atom is 0.335 e. The van der Waals surface area contributed by atoms with Crippen molar-refractivity contribution in [2.24, 2.45) is 0 Å². The highest BCUT2D eigenvalue weighted by Crippen LogP contribution is 2.27. The Labute approximate surface area is 170 Å². The maximum absolute atomic E-state index is 11.9. The number of nitrogens with one attached hydrogen (secondary N) is 2.